The maximum absolute atomic E-state index is 12.7. The summed E-state index contributed by atoms with van der Waals surface area (Å²) in [6.07, 6.45) is 0. The van der Waals surface area contributed by atoms with E-state index in [-0.39, 0.29) is 20.6 Å². The number of primary sulfonamides is 1. The third kappa shape index (κ3) is 5.91. The molecule has 12 heteroatoms. The summed E-state index contributed by atoms with van der Waals surface area (Å²) in [5.41, 5.74) is 0.610. The van der Waals surface area contributed by atoms with E-state index in [1.54, 1.807) is 6.07 Å². The minimum absolute atomic E-state index is 0.0446. The van der Waals surface area contributed by atoms with Crippen molar-refractivity contribution >= 4 is 65.9 Å². The van der Waals surface area contributed by atoms with Crippen LogP contribution in [-0.4, -0.2) is 30.9 Å². The molecule has 31 heavy (non-hydrogen) atoms. The number of nitrogens with one attached hydrogen (secondary N) is 3. The SMILES string of the molecule is CC(C)(C)NC(=O)Nc1ccc(Cl)c(C(=O)Nc2nc3ccc(S(N)(=O)=O)cc3s2)c1. The molecule has 3 rings (SSSR count). The highest BCUT2D eigenvalue weighted by atomic mass is 35.5. The van der Waals surface area contributed by atoms with E-state index in [1.165, 1.54) is 30.3 Å². The Morgan fingerprint density at radius 2 is 1.81 bits per heavy atom. The number of carbonyl (C=O) groups is 2. The Morgan fingerprint density at radius 1 is 1.10 bits per heavy atom. The first-order chi connectivity index (χ1) is 14.3. The highest BCUT2D eigenvalue weighted by Crippen LogP contribution is 2.29. The molecule has 0 spiro atoms. The van der Waals surface area contributed by atoms with Crippen molar-refractivity contribution in [2.45, 2.75) is 31.2 Å². The number of thiazole rings is 1. The summed E-state index contributed by atoms with van der Waals surface area (Å²) in [6, 6.07) is 8.35. The average Bonchev–Trinajstić information content (AvgIpc) is 3.02. The lowest BCUT2D eigenvalue weighted by molar-refractivity contribution is 0.102. The first-order valence-corrected chi connectivity index (χ1v) is 11.7. The second kappa shape index (κ2) is 8.42. The first kappa shape index (κ1) is 22.9. The van der Waals surface area contributed by atoms with Gasteiger partial charge in [0.15, 0.2) is 5.13 Å². The van der Waals surface area contributed by atoms with Crippen LogP contribution < -0.4 is 21.1 Å². The molecule has 164 valence electrons. The molecule has 1 heterocycles. The van der Waals surface area contributed by atoms with Crippen LogP contribution in [0.15, 0.2) is 41.3 Å². The molecule has 0 aliphatic rings. The lowest BCUT2D eigenvalue weighted by Gasteiger charge is -2.21. The van der Waals surface area contributed by atoms with Gasteiger partial charge in [-0.1, -0.05) is 22.9 Å². The molecule has 0 aliphatic heterocycles. The number of hydrogen-bond donors (Lipinski definition) is 4. The lowest BCUT2D eigenvalue weighted by atomic mass is 10.1. The maximum atomic E-state index is 12.7. The molecule has 5 N–H and O–H groups in total. The Morgan fingerprint density at radius 3 is 2.45 bits per heavy atom. The summed E-state index contributed by atoms with van der Waals surface area (Å²) in [6.45, 7) is 5.53. The molecule has 0 saturated heterocycles. The van der Waals surface area contributed by atoms with Gasteiger partial charge in [0.05, 0.1) is 25.7 Å². The van der Waals surface area contributed by atoms with Gasteiger partial charge in [0.25, 0.3) is 5.91 Å². The maximum Gasteiger partial charge on any atom is 0.319 e. The fourth-order valence-electron chi connectivity index (χ4n) is 2.58. The predicted molar refractivity (Wildman–Crippen MR) is 122 cm³/mol. The summed E-state index contributed by atoms with van der Waals surface area (Å²) < 4.78 is 23.6. The molecule has 0 saturated carbocycles. The zero-order chi connectivity index (χ0) is 23.0. The van der Waals surface area contributed by atoms with Crippen LogP contribution in [0.2, 0.25) is 5.02 Å². The van der Waals surface area contributed by atoms with E-state index in [2.05, 4.69) is 20.9 Å². The van der Waals surface area contributed by atoms with Crippen LogP contribution in [-0.2, 0) is 10.0 Å². The van der Waals surface area contributed by atoms with Gasteiger partial charge in [-0.2, -0.15) is 0 Å². The number of amides is 3. The lowest BCUT2D eigenvalue weighted by Crippen LogP contribution is -2.43. The van der Waals surface area contributed by atoms with Crippen molar-refractivity contribution in [3.8, 4) is 0 Å². The summed E-state index contributed by atoms with van der Waals surface area (Å²) in [5.74, 6) is -0.532. The van der Waals surface area contributed by atoms with E-state index in [1.807, 2.05) is 20.8 Å². The fourth-order valence-corrected chi connectivity index (χ4v) is 4.30. The number of nitrogens with zero attached hydrogens (tertiary/aromatic N) is 1. The Bertz CT molecular complexity index is 1280. The highest BCUT2D eigenvalue weighted by Gasteiger charge is 2.17. The van der Waals surface area contributed by atoms with Crippen LogP contribution in [0.4, 0.5) is 15.6 Å². The van der Waals surface area contributed by atoms with E-state index in [0.717, 1.165) is 11.3 Å². The number of halogens is 1. The Hall–Kier alpha value is -2.73. The summed E-state index contributed by atoms with van der Waals surface area (Å²) in [5, 5.41) is 13.6. The van der Waals surface area contributed by atoms with Gasteiger partial charge in [-0.05, 0) is 57.2 Å². The van der Waals surface area contributed by atoms with Crippen molar-refractivity contribution in [2.75, 3.05) is 10.6 Å². The number of nitrogens with two attached hydrogens (primary N) is 1. The molecule has 3 aromatic rings. The molecule has 3 amide bonds. The van der Waals surface area contributed by atoms with Crippen LogP contribution in [0.25, 0.3) is 10.2 Å². The van der Waals surface area contributed by atoms with Gasteiger partial charge in [0.1, 0.15) is 0 Å². The van der Waals surface area contributed by atoms with Crippen LogP contribution >= 0.6 is 22.9 Å². The van der Waals surface area contributed by atoms with Crippen LogP contribution in [0.5, 0.6) is 0 Å². The molecular weight excluding hydrogens is 462 g/mol. The van der Waals surface area contributed by atoms with E-state index < -0.39 is 27.5 Å². The number of urea groups is 1. The number of sulfonamides is 1. The van der Waals surface area contributed by atoms with E-state index in [4.69, 9.17) is 16.7 Å². The molecule has 0 bridgehead atoms. The van der Waals surface area contributed by atoms with Crippen molar-refractivity contribution in [1.82, 2.24) is 10.3 Å². The van der Waals surface area contributed by atoms with Gasteiger partial charge in [0.2, 0.25) is 10.0 Å². The monoisotopic (exact) mass is 481 g/mol. The predicted octanol–water partition coefficient (Wildman–Crippen LogP) is 3.77. The number of rotatable bonds is 4. The van der Waals surface area contributed by atoms with Crippen LogP contribution in [0.3, 0.4) is 0 Å². The number of anilines is 2. The second-order valence-electron chi connectivity index (χ2n) is 7.67. The van der Waals surface area contributed by atoms with Gasteiger partial charge >= 0.3 is 6.03 Å². The van der Waals surface area contributed by atoms with Crippen molar-refractivity contribution in [3.63, 3.8) is 0 Å². The van der Waals surface area contributed by atoms with Crippen molar-refractivity contribution < 1.29 is 18.0 Å². The third-order valence-electron chi connectivity index (χ3n) is 3.87. The molecular formula is C19H20ClN5O4S2. The average molecular weight is 482 g/mol. The fraction of sp³-hybridized carbons (Fsp3) is 0.211. The molecule has 0 atom stereocenters. The van der Waals surface area contributed by atoms with E-state index >= 15 is 0 Å². The Balaban J connectivity index is 1.80. The molecule has 1 aromatic heterocycles. The van der Waals surface area contributed by atoms with E-state index in [9.17, 15) is 18.0 Å². The molecule has 0 aliphatic carbocycles. The number of aromatic nitrogens is 1. The van der Waals surface area contributed by atoms with Crippen molar-refractivity contribution in [3.05, 3.63) is 47.0 Å². The molecule has 0 radical (unpaired) electrons. The van der Waals surface area contributed by atoms with Gasteiger partial charge in [-0.15, -0.1) is 0 Å². The van der Waals surface area contributed by atoms with Gasteiger partial charge in [-0.25, -0.2) is 23.3 Å². The second-order valence-corrected chi connectivity index (χ2v) is 10.7. The highest BCUT2D eigenvalue weighted by molar-refractivity contribution is 7.89. The first-order valence-electron chi connectivity index (χ1n) is 8.95. The zero-order valence-electron chi connectivity index (χ0n) is 16.8. The smallest absolute Gasteiger partial charge is 0.319 e. The number of benzene rings is 2. The summed E-state index contributed by atoms with van der Waals surface area (Å²) in [4.78, 5) is 29.0. The van der Waals surface area contributed by atoms with Crippen LogP contribution in [0.1, 0.15) is 31.1 Å². The Labute approximate surface area is 188 Å². The quantitative estimate of drug-likeness (QED) is 0.448. The topological polar surface area (TPSA) is 143 Å². The summed E-state index contributed by atoms with van der Waals surface area (Å²) in [7, 11) is -3.85. The minimum Gasteiger partial charge on any atom is -0.333 e. The normalized spacial score (nSPS) is 11.9. The molecule has 0 unspecified atom stereocenters. The van der Waals surface area contributed by atoms with Crippen molar-refractivity contribution in [2.24, 2.45) is 5.14 Å². The number of carbonyl (C=O) groups excluding carboxylic acids is 2. The van der Waals surface area contributed by atoms with Gasteiger partial charge in [-0.3, -0.25) is 10.1 Å². The van der Waals surface area contributed by atoms with Gasteiger partial charge < -0.3 is 10.6 Å². The van der Waals surface area contributed by atoms with Gasteiger partial charge in [0, 0.05) is 11.2 Å². The molecule has 9 nitrogen and oxygen atoms in total. The van der Waals surface area contributed by atoms with Crippen LogP contribution in [0, 0.1) is 0 Å². The number of hydrogen-bond acceptors (Lipinski definition) is 6. The zero-order valence-corrected chi connectivity index (χ0v) is 19.2. The standard InChI is InChI=1S/C19H20ClN5O4S2/c1-19(2,3)25-17(27)22-10-4-6-13(20)12(8-10)16(26)24-18-23-14-7-5-11(31(21,28)29)9-15(14)30-18/h4-9H,1-3H3,(H2,21,28,29)(H2,22,25,27)(H,23,24,26). The third-order valence-corrected chi connectivity index (χ3v) is 6.04. The molecule has 0 fully saturated rings. The Kier molecular flexibility index (Phi) is 6.23. The number of fused-ring (bicyclic) bond motifs is 1. The summed E-state index contributed by atoms with van der Waals surface area (Å²) >= 11 is 7.25. The van der Waals surface area contributed by atoms with E-state index in [0.29, 0.717) is 15.9 Å². The molecule has 2 aromatic carbocycles. The largest absolute Gasteiger partial charge is 0.333 e. The minimum atomic E-state index is -3.85. The van der Waals surface area contributed by atoms with Crippen molar-refractivity contribution in [1.29, 1.82) is 0 Å².